The molecule has 0 bridgehead atoms. The van der Waals surface area contributed by atoms with Crippen LogP contribution in [0.1, 0.15) is 56.5 Å². The first-order valence-corrected chi connectivity index (χ1v) is 9.12. The van der Waals surface area contributed by atoms with Gasteiger partial charge in [-0.25, -0.2) is 4.98 Å². The van der Waals surface area contributed by atoms with Crippen LogP contribution >= 0.6 is 11.3 Å². The summed E-state index contributed by atoms with van der Waals surface area (Å²) in [7, 11) is 0. The number of rotatable bonds is 10. The average Bonchev–Trinajstić information content (AvgIpc) is 3.27. The molecule has 1 N–H and O–H groups in total. The average molecular weight is 311 g/mol. The summed E-state index contributed by atoms with van der Waals surface area (Å²) in [5, 5.41) is 10.6. The molecular formula is C16H29N3OS. The van der Waals surface area contributed by atoms with E-state index >= 15 is 0 Å². The zero-order valence-electron chi connectivity index (χ0n) is 13.6. The monoisotopic (exact) mass is 311 g/mol. The lowest BCUT2D eigenvalue weighted by atomic mass is 10.2. The Labute approximate surface area is 132 Å². The van der Waals surface area contributed by atoms with Gasteiger partial charge < -0.3 is 14.9 Å². The molecule has 0 spiro atoms. The van der Waals surface area contributed by atoms with Gasteiger partial charge in [0.05, 0.1) is 17.2 Å². The first-order valence-electron chi connectivity index (χ1n) is 8.31. The Morgan fingerprint density at radius 1 is 1.14 bits per heavy atom. The molecule has 1 aliphatic rings. The van der Waals surface area contributed by atoms with Crippen LogP contribution in [0.2, 0.25) is 0 Å². The van der Waals surface area contributed by atoms with Crippen molar-refractivity contribution >= 4 is 16.5 Å². The molecule has 1 aromatic heterocycles. The number of thiazole rings is 1. The minimum atomic E-state index is 0.139. The molecule has 0 saturated heterocycles. The second-order valence-electron chi connectivity index (χ2n) is 5.70. The SMILES string of the molecule is CCN(CC)CCCN(CC)c1nc(C2CC2)c(CO)s1. The number of hydrogen-bond acceptors (Lipinski definition) is 5. The van der Waals surface area contributed by atoms with Crippen molar-refractivity contribution in [3.63, 3.8) is 0 Å². The fourth-order valence-electron chi connectivity index (χ4n) is 2.69. The number of aliphatic hydroxyl groups excluding tert-OH is 1. The van der Waals surface area contributed by atoms with Crippen molar-refractivity contribution in [2.45, 2.75) is 52.6 Å². The molecule has 0 unspecified atom stereocenters. The maximum Gasteiger partial charge on any atom is 0.185 e. The molecule has 1 aliphatic carbocycles. The molecule has 21 heavy (non-hydrogen) atoms. The summed E-state index contributed by atoms with van der Waals surface area (Å²) in [6.45, 7) is 12.2. The minimum absolute atomic E-state index is 0.139. The van der Waals surface area contributed by atoms with Crippen LogP contribution in [0.15, 0.2) is 0 Å². The standard InChI is InChI=1S/C16H29N3OS/c1-4-18(5-2)10-7-11-19(6-3)16-17-15(13-8-9-13)14(12-20)21-16/h13,20H,4-12H2,1-3H3. The lowest BCUT2D eigenvalue weighted by Crippen LogP contribution is -2.29. The van der Waals surface area contributed by atoms with Gasteiger partial charge in [0.1, 0.15) is 0 Å². The van der Waals surface area contributed by atoms with Crippen molar-refractivity contribution in [2.75, 3.05) is 37.6 Å². The van der Waals surface area contributed by atoms with Crippen molar-refractivity contribution < 1.29 is 5.11 Å². The van der Waals surface area contributed by atoms with Crippen molar-refractivity contribution in [1.29, 1.82) is 0 Å². The fraction of sp³-hybridized carbons (Fsp3) is 0.812. The molecule has 0 amide bonds. The highest BCUT2D eigenvalue weighted by Gasteiger charge is 2.30. The van der Waals surface area contributed by atoms with Crippen LogP contribution in [-0.4, -0.2) is 47.7 Å². The molecule has 0 atom stereocenters. The van der Waals surface area contributed by atoms with Gasteiger partial charge in [0, 0.05) is 19.0 Å². The predicted octanol–water partition coefficient (Wildman–Crippen LogP) is 3.07. The van der Waals surface area contributed by atoms with Crippen molar-refractivity contribution in [3.05, 3.63) is 10.6 Å². The topological polar surface area (TPSA) is 39.6 Å². The Bertz CT molecular complexity index is 427. The molecule has 2 rings (SSSR count). The van der Waals surface area contributed by atoms with Gasteiger partial charge in [-0.1, -0.05) is 25.2 Å². The van der Waals surface area contributed by atoms with Crippen LogP contribution in [0.25, 0.3) is 0 Å². The van der Waals surface area contributed by atoms with Crippen molar-refractivity contribution in [2.24, 2.45) is 0 Å². The van der Waals surface area contributed by atoms with E-state index in [1.165, 1.54) is 25.0 Å². The number of hydrogen-bond donors (Lipinski definition) is 1. The molecule has 0 aromatic carbocycles. The van der Waals surface area contributed by atoms with Gasteiger partial charge in [0.15, 0.2) is 5.13 Å². The van der Waals surface area contributed by atoms with Gasteiger partial charge in [0.25, 0.3) is 0 Å². The van der Waals surface area contributed by atoms with Crippen LogP contribution in [0.5, 0.6) is 0 Å². The fourth-order valence-corrected chi connectivity index (χ4v) is 3.78. The van der Waals surface area contributed by atoms with Crippen molar-refractivity contribution in [3.8, 4) is 0 Å². The van der Waals surface area contributed by atoms with Crippen molar-refractivity contribution in [1.82, 2.24) is 9.88 Å². The van der Waals surface area contributed by atoms with Crippen LogP contribution in [-0.2, 0) is 6.61 Å². The third-order valence-corrected chi connectivity index (χ3v) is 5.39. The number of aliphatic hydroxyl groups is 1. The minimum Gasteiger partial charge on any atom is -0.391 e. The maximum absolute atomic E-state index is 9.52. The Balaban J connectivity index is 1.94. The van der Waals surface area contributed by atoms with E-state index in [4.69, 9.17) is 4.98 Å². The van der Waals surface area contributed by atoms with Gasteiger partial charge in [-0.05, 0) is 45.8 Å². The van der Waals surface area contributed by atoms with E-state index in [9.17, 15) is 5.11 Å². The summed E-state index contributed by atoms with van der Waals surface area (Å²) in [5.41, 5.74) is 1.17. The van der Waals surface area contributed by atoms with Gasteiger partial charge >= 0.3 is 0 Å². The Morgan fingerprint density at radius 3 is 2.38 bits per heavy atom. The first-order chi connectivity index (χ1) is 10.2. The smallest absolute Gasteiger partial charge is 0.185 e. The molecule has 4 nitrogen and oxygen atoms in total. The summed E-state index contributed by atoms with van der Waals surface area (Å²) in [4.78, 5) is 10.7. The third-order valence-electron chi connectivity index (χ3n) is 4.27. The van der Waals surface area contributed by atoms with Gasteiger partial charge in [-0.2, -0.15) is 0 Å². The third kappa shape index (κ3) is 4.41. The summed E-state index contributed by atoms with van der Waals surface area (Å²) in [5.74, 6) is 0.617. The highest BCUT2D eigenvalue weighted by molar-refractivity contribution is 7.15. The lowest BCUT2D eigenvalue weighted by molar-refractivity contribution is 0.284. The molecule has 5 heteroatoms. The molecule has 120 valence electrons. The Morgan fingerprint density at radius 2 is 1.86 bits per heavy atom. The van der Waals surface area contributed by atoms with Crippen LogP contribution in [0, 0.1) is 0 Å². The highest BCUT2D eigenvalue weighted by atomic mass is 32.1. The van der Waals surface area contributed by atoms with Crippen LogP contribution in [0.3, 0.4) is 0 Å². The van der Waals surface area contributed by atoms with Gasteiger partial charge in [0.2, 0.25) is 0 Å². The zero-order valence-corrected chi connectivity index (χ0v) is 14.5. The second kappa shape index (κ2) is 8.11. The van der Waals surface area contributed by atoms with Crippen LogP contribution < -0.4 is 4.90 Å². The zero-order chi connectivity index (χ0) is 15.2. The quantitative estimate of drug-likeness (QED) is 0.721. The van der Waals surface area contributed by atoms with E-state index in [1.807, 2.05) is 0 Å². The number of nitrogens with zero attached hydrogens (tertiary/aromatic N) is 3. The second-order valence-corrected chi connectivity index (χ2v) is 6.76. The lowest BCUT2D eigenvalue weighted by Gasteiger charge is -2.23. The summed E-state index contributed by atoms with van der Waals surface area (Å²) in [6.07, 6.45) is 3.65. The van der Waals surface area contributed by atoms with Gasteiger partial charge in [-0.15, -0.1) is 0 Å². The van der Waals surface area contributed by atoms with E-state index in [0.717, 1.165) is 42.7 Å². The molecular weight excluding hydrogens is 282 g/mol. The molecule has 1 aromatic rings. The Kier molecular flexibility index (Phi) is 6.45. The van der Waals surface area contributed by atoms with E-state index in [1.54, 1.807) is 11.3 Å². The Hall–Kier alpha value is -0.650. The summed E-state index contributed by atoms with van der Waals surface area (Å²) >= 11 is 1.68. The molecule has 0 radical (unpaired) electrons. The summed E-state index contributed by atoms with van der Waals surface area (Å²) in [6, 6.07) is 0. The van der Waals surface area contributed by atoms with E-state index in [-0.39, 0.29) is 6.61 Å². The van der Waals surface area contributed by atoms with E-state index in [0.29, 0.717) is 5.92 Å². The predicted molar refractivity (Wildman–Crippen MR) is 90.3 cm³/mol. The molecule has 1 heterocycles. The van der Waals surface area contributed by atoms with Crippen LogP contribution in [0.4, 0.5) is 5.13 Å². The largest absolute Gasteiger partial charge is 0.391 e. The van der Waals surface area contributed by atoms with E-state index < -0.39 is 0 Å². The summed E-state index contributed by atoms with van der Waals surface area (Å²) < 4.78 is 0. The maximum atomic E-state index is 9.52. The molecule has 1 fully saturated rings. The number of anilines is 1. The highest BCUT2D eigenvalue weighted by Crippen LogP contribution is 2.44. The number of aromatic nitrogens is 1. The first kappa shape index (κ1) is 16.7. The van der Waals surface area contributed by atoms with E-state index in [2.05, 4.69) is 30.6 Å². The molecule has 1 saturated carbocycles. The normalized spacial score (nSPS) is 14.9. The van der Waals surface area contributed by atoms with Gasteiger partial charge in [-0.3, -0.25) is 0 Å². The molecule has 0 aliphatic heterocycles.